The van der Waals surface area contributed by atoms with Gasteiger partial charge in [-0.1, -0.05) is 12.1 Å². The molecule has 3 aromatic heterocycles. The van der Waals surface area contributed by atoms with Crippen LogP contribution in [0.2, 0.25) is 0 Å². The summed E-state index contributed by atoms with van der Waals surface area (Å²) in [6, 6.07) is 7.74. The molecule has 0 atom stereocenters. The van der Waals surface area contributed by atoms with Crippen molar-refractivity contribution in [1.29, 1.82) is 0 Å². The Balaban J connectivity index is 1.67. The van der Waals surface area contributed by atoms with Gasteiger partial charge in [0.25, 0.3) is 0 Å². The van der Waals surface area contributed by atoms with Crippen LogP contribution in [0.25, 0.3) is 10.9 Å². The van der Waals surface area contributed by atoms with E-state index >= 15 is 0 Å². The van der Waals surface area contributed by atoms with Crippen LogP contribution in [0.15, 0.2) is 48.9 Å². The molecule has 0 aliphatic heterocycles. The van der Waals surface area contributed by atoms with Gasteiger partial charge in [-0.25, -0.2) is 13.8 Å². The number of aryl methyl sites for hydroxylation is 1. The third-order valence-corrected chi connectivity index (χ3v) is 3.85. The largest absolute Gasteiger partial charge is 0.323 e. The standard InChI is InChI=1S/C17H14F2N6/c1-24-6-5-15(23-24)22-16-7-14-12(8-20-16)9-21-25(14)10-11-3-2-4-13(18)17(11)19/h2-9H,10H2,1H3,(H,20,22,23). The zero-order valence-corrected chi connectivity index (χ0v) is 13.3. The van der Waals surface area contributed by atoms with Crippen LogP contribution in [0.3, 0.4) is 0 Å². The molecule has 8 heteroatoms. The van der Waals surface area contributed by atoms with Crippen LogP contribution in [0.5, 0.6) is 0 Å². The van der Waals surface area contributed by atoms with Crippen LogP contribution in [0.1, 0.15) is 5.56 Å². The molecule has 0 saturated carbocycles. The first-order valence-corrected chi connectivity index (χ1v) is 7.61. The van der Waals surface area contributed by atoms with E-state index in [1.54, 1.807) is 33.9 Å². The first kappa shape index (κ1) is 15.3. The van der Waals surface area contributed by atoms with Crippen molar-refractivity contribution >= 4 is 22.5 Å². The first-order chi connectivity index (χ1) is 12.1. The number of anilines is 2. The molecule has 0 aliphatic carbocycles. The van der Waals surface area contributed by atoms with E-state index < -0.39 is 11.6 Å². The average Bonchev–Trinajstić information content (AvgIpc) is 3.18. The third kappa shape index (κ3) is 2.93. The van der Waals surface area contributed by atoms with Crippen molar-refractivity contribution in [3.8, 4) is 0 Å². The molecule has 0 fully saturated rings. The summed E-state index contributed by atoms with van der Waals surface area (Å²) in [5, 5.41) is 12.4. The second-order valence-corrected chi connectivity index (χ2v) is 5.64. The van der Waals surface area contributed by atoms with E-state index in [9.17, 15) is 8.78 Å². The molecule has 6 nitrogen and oxygen atoms in total. The maximum Gasteiger partial charge on any atom is 0.163 e. The Morgan fingerprint density at radius 1 is 1.12 bits per heavy atom. The van der Waals surface area contributed by atoms with Crippen molar-refractivity contribution in [2.24, 2.45) is 7.05 Å². The summed E-state index contributed by atoms with van der Waals surface area (Å²) in [6.45, 7) is 0.125. The summed E-state index contributed by atoms with van der Waals surface area (Å²) in [4.78, 5) is 4.32. The molecule has 0 radical (unpaired) electrons. The highest BCUT2D eigenvalue weighted by molar-refractivity contribution is 5.80. The summed E-state index contributed by atoms with van der Waals surface area (Å²) in [5.41, 5.74) is 0.998. The van der Waals surface area contributed by atoms with Gasteiger partial charge >= 0.3 is 0 Å². The summed E-state index contributed by atoms with van der Waals surface area (Å²) in [7, 11) is 1.82. The lowest BCUT2D eigenvalue weighted by Crippen LogP contribution is -2.05. The Hall–Kier alpha value is -3.29. The fourth-order valence-electron chi connectivity index (χ4n) is 2.61. The molecule has 4 rings (SSSR count). The lowest BCUT2D eigenvalue weighted by atomic mass is 10.2. The topological polar surface area (TPSA) is 60.6 Å². The lowest BCUT2D eigenvalue weighted by molar-refractivity contribution is 0.493. The number of nitrogens with one attached hydrogen (secondary N) is 1. The second kappa shape index (κ2) is 5.97. The average molecular weight is 340 g/mol. The summed E-state index contributed by atoms with van der Waals surface area (Å²) in [6.07, 6.45) is 5.13. The number of hydrogen-bond acceptors (Lipinski definition) is 4. The molecule has 0 aliphatic rings. The van der Waals surface area contributed by atoms with Gasteiger partial charge in [-0.15, -0.1) is 0 Å². The number of fused-ring (bicyclic) bond motifs is 1. The number of nitrogens with zero attached hydrogens (tertiary/aromatic N) is 5. The molecule has 4 aromatic rings. The van der Waals surface area contributed by atoms with Crippen LogP contribution in [-0.4, -0.2) is 24.5 Å². The van der Waals surface area contributed by atoms with E-state index in [4.69, 9.17) is 0 Å². The third-order valence-electron chi connectivity index (χ3n) is 3.85. The van der Waals surface area contributed by atoms with Crippen LogP contribution >= 0.6 is 0 Å². The smallest absolute Gasteiger partial charge is 0.163 e. The zero-order valence-electron chi connectivity index (χ0n) is 13.3. The van der Waals surface area contributed by atoms with Crippen LogP contribution in [0, 0.1) is 11.6 Å². The summed E-state index contributed by atoms with van der Waals surface area (Å²) < 4.78 is 30.6. The van der Waals surface area contributed by atoms with E-state index in [2.05, 4.69) is 20.5 Å². The monoisotopic (exact) mass is 340 g/mol. The Bertz CT molecular complexity index is 1050. The van der Waals surface area contributed by atoms with Crippen molar-refractivity contribution in [3.63, 3.8) is 0 Å². The van der Waals surface area contributed by atoms with Gasteiger partial charge in [0.05, 0.1) is 18.3 Å². The number of halogens is 2. The lowest BCUT2D eigenvalue weighted by Gasteiger charge is -2.07. The molecule has 1 aromatic carbocycles. The highest BCUT2D eigenvalue weighted by Crippen LogP contribution is 2.21. The number of pyridine rings is 1. The Labute approximate surface area is 141 Å². The van der Waals surface area contributed by atoms with Crippen LogP contribution in [0.4, 0.5) is 20.4 Å². The zero-order chi connectivity index (χ0) is 17.4. The van der Waals surface area contributed by atoms with E-state index in [0.29, 0.717) is 11.6 Å². The van der Waals surface area contributed by atoms with Crippen LogP contribution in [-0.2, 0) is 13.6 Å². The number of benzene rings is 1. The fourth-order valence-corrected chi connectivity index (χ4v) is 2.61. The predicted molar refractivity (Wildman–Crippen MR) is 89.5 cm³/mol. The van der Waals surface area contributed by atoms with Crippen molar-refractivity contribution in [2.45, 2.75) is 6.54 Å². The van der Waals surface area contributed by atoms with E-state index in [0.717, 1.165) is 17.0 Å². The van der Waals surface area contributed by atoms with E-state index in [1.807, 2.05) is 19.3 Å². The minimum atomic E-state index is -0.867. The summed E-state index contributed by atoms with van der Waals surface area (Å²) in [5.74, 6) is -0.468. The van der Waals surface area contributed by atoms with E-state index in [1.165, 1.54) is 6.07 Å². The fraction of sp³-hybridized carbons (Fsp3) is 0.118. The van der Waals surface area contributed by atoms with Gasteiger partial charge in [-0.05, 0) is 6.07 Å². The first-order valence-electron chi connectivity index (χ1n) is 7.61. The van der Waals surface area contributed by atoms with Gasteiger partial charge in [0.1, 0.15) is 5.82 Å². The second-order valence-electron chi connectivity index (χ2n) is 5.64. The molecular formula is C17H14F2N6. The molecule has 0 bridgehead atoms. The van der Waals surface area contributed by atoms with Gasteiger partial charge in [0.15, 0.2) is 17.5 Å². The van der Waals surface area contributed by atoms with Crippen molar-refractivity contribution in [2.75, 3.05) is 5.32 Å². The molecule has 1 N–H and O–H groups in total. The maximum atomic E-state index is 13.9. The Morgan fingerprint density at radius 2 is 2.00 bits per heavy atom. The maximum absolute atomic E-state index is 13.9. The van der Waals surface area contributed by atoms with E-state index in [-0.39, 0.29) is 12.1 Å². The Kier molecular flexibility index (Phi) is 3.64. The quantitative estimate of drug-likeness (QED) is 0.620. The number of rotatable bonds is 4. The van der Waals surface area contributed by atoms with Gasteiger partial charge in [-0.3, -0.25) is 9.36 Å². The molecule has 25 heavy (non-hydrogen) atoms. The molecule has 0 spiro atoms. The molecule has 0 unspecified atom stereocenters. The highest BCUT2D eigenvalue weighted by atomic mass is 19.2. The van der Waals surface area contributed by atoms with Gasteiger partial charge in [0.2, 0.25) is 0 Å². The molecule has 126 valence electrons. The highest BCUT2D eigenvalue weighted by Gasteiger charge is 2.11. The normalized spacial score (nSPS) is 11.2. The molecule has 3 heterocycles. The van der Waals surface area contributed by atoms with Crippen molar-refractivity contribution < 1.29 is 8.78 Å². The number of aromatic nitrogens is 5. The van der Waals surface area contributed by atoms with Gasteiger partial charge < -0.3 is 5.32 Å². The Morgan fingerprint density at radius 3 is 2.80 bits per heavy atom. The van der Waals surface area contributed by atoms with Gasteiger partial charge in [-0.2, -0.15) is 10.2 Å². The summed E-state index contributed by atoms with van der Waals surface area (Å²) >= 11 is 0. The molecule has 0 saturated heterocycles. The number of hydrogen-bond donors (Lipinski definition) is 1. The molecular weight excluding hydrogens is 326 g/mol. The van der Waals surface area contributed by atoms with Crippen LogP contribution < -0.4 is 5.32 Å². The predicted octanol–water partition coefficient (Wildman–Crippen LogP) is 3.23. The van der Waals surface area contributed by atoms with Crippen molar-refractivity contribution in [1.82, 2.24) is 24.5 Å². The minimum absolute atomic E-state index is 0.125. The van der Waals surface area contributed by atoms with Gasteiger partial charge in [0, 0.05) is 42.5 Å². The minimum Gasteiger partial charge on any atom is -0.323 e. The van der Waals surface area contributed by atoms with Crippen molar-refractivity contribution in [3.05, 3.63) is 66.1 Å². The SMILES string of the molecule is Cn1ccc(Nc2cc3c(cn2)cnn3Cc2cccc(F)c2F)n1. The molecule has 0 amide bonds.